The molecule has 0 aliphatic carbocycles. The number of hydrogen-bond acceptors (Lipinski definition) is 12. The largest absolute Gasteiger partial charge is 0.382 e. The molecule has 34 heavy (non-hydrogen) atoms. The molecule has 0 radical (unpaired) electrons. The molecule has 0 saturated heterocycles. The second-order valence-corrected chi connectivity index (χ2v) is 7.60. The third-order valence-electron chi connectivity index (χ3n) is 3.68. The summed E-state index contributed by atoms with van der Waals surface area (Å²) in [5, 5.41) is 0. The van der Waals surface area contributed by atoms with Gasteiger partial charge < -0.3 is 56.2 Å². The molecule has 0 spiro atoms. The molecule has 0 aliphatic heterocycles. The minimum absolute atomic E-state index is 0.339. The van der Waals surface area contributed by atoms with E-state index in [0.717, 1.165) is 0 Å². The van der Waals surface area contributed by atoms with E-state index in [9.17, 15) is 0 Å². The Bertz CT molecular complexity index is 318. The van der Waals surface area contributed by atoms with E-state index < -0.39 is 8.60 Å². The first-order valence-corrected chi connectivity index (χ1v) is 12.6. The molecule has 0 aliphatic rings. The van der Waals surface area contributed by atoms with Crippen molar-refractivity contribution in [2.45, 2.75) is 0 Å². The minimum atomic E-state index is -1.54. The van der Waals surface area contributed by atoms with Gasteiger partial charge in [-0.3, -0.25) is 0 Å². The molecule has 0 aromatic heterocycles. The molecule has 0 aromatic rings. The fourth-order valence-electron chi connectivity index (χ4n) is 2.02. The maximum Gasteiger partial charge on any atom is 0.332 e. The lowest BCUT2D eigenvalue weighted by Crippen LogP contribution is -2.13. The van der Waals surface area contributed by atoms with Crippen molar-refractivity contribution in [3.05, 3.63) is 0 Å². The maximum atomic E-state index is 5.68. The van der Waals surface area contributed by atoms with Crippen LogP contribution in [0.1, 0.15) is 0 Å². The Kier molecular flexibility index (Phi) is 30.9. The van der Waals surface area contributed by atoms with Gasteiger partial charge in [-0.05, 0) is 0 Å². The molecular formula is C21H45O12P. The summed E-state index contributed by atoms with van der Waals surface area (Å²) in [5.41, 5.74) is 0. The first-order valence-electron chi connectivity index (χ1n) is 11.5. The molecule has 0 amide bonds. The first-order chi connectivity index (χ1) is 16.8. The summed E-state index contributed by atoms with van der Waals surface area (Å²) in [6.45, 7) is 8.53. The highest BCUT2D eigenvalue weighted by molar-refractivity contribution is 7.41. The molecule has 0 saturated carbocycles. The molecular weight excluding hydrogens is 475 g/mol. The van der Waals surface area contributed by atoms with Crippen molar-refractivity contribution in [1.29, 1.82) is 0 Å². The molecule has 0 atom stereocenters. The van der Waals surface area contributed by atoms with Gasteiger partial charge in [0.05, 0.1) is 119 Å². The average Bonchev–Trinajstić information content (AvgIpc) is 2.85. The topological polar surface area (TPSA) is 111 Å². The first kappa shape index (κ1) is 34.0. The Morgan fingerprint density at radius 1 is 0.294 bits per heavy atom. The molecule has 0 bridgehead atoms. The summed E-state index contributed by atoms with van der Waals surface area (Å²) in [6, 6.07) is 0. The van der Waals surface area contributed by atoms with Crippen molar-refractivity contribution in [1.82, 2.24) is 0 Å². The summed E-state index contributed by atoms with van der Waals surface area (Å²) in [5.74, 6) is 0. The van der Waals surface area contributed by atoms with Gasteiger partial charge in [0.2, 0.25) is 0 Å². The standard InChI is InChI=1S/C21H45O12P/c1-22-4-7-25-10-13-28-16-19-31-34(32-20-17-29-14-11-26-8-5-23-2)33-21-18-30-15-12-27-9-6-24-3/h4-21H2,1-3H3. The van der Waals surface area contributed by atoms with Gasteiger partial charge in [0.25, 0.3) is 0 Å². The van der Waals surface area contributed by atoms with Gasteiger partial charge >= 0.3 is 8.60 Å². The van der Waals surface area contributed by atoms with E-state index in [4.69, 9.17) is 56.2 Å². The fraction of sp³-hybridized carbons (Fsp3) is 1.00. The summed E-state index contributed by atoms with van der Waals surface area (Å²) < 4.78 is 64.2. The lowest BCUT2D eigenvalue weighted by Gasteiger charge is -2.17. The van der Waals surface area contributed by atoms with Crippen LogP contribution < -0.4 is 0 Å². The molecule has 0 rings (SSSR count). The van der Waals surface area contributed by atoms with Crippen molar-refractivity contribution >= 4 is 8.60 Å². The molecule has 0 unspecified atom stereocenters. The van der Waals surface area contributed by atoms with E-state index in [1.165, 1.54) is 0 Å². The van der Waals surface area contributed by atoms with Gasteiger partial charge in [-0.25, -0.2) is 0 Å². The Labute approximate surface area is 205 Å². The van der Waals surface area contributed by atoms with Crippen molar-refractivity contribution < 1.29 is 56.2 Å². The second kappa shape index (κ2) is 31.0. The summed E-state index contributed by atoms with van der Waals surface area (Å²) in [6.07, 6.45) is 0. The minimum Gasteiger partial charge on any atom is -0.382 e. The van der Waals surface area contributed by atoms with Gasteiger partial charge in [0.15, 0.2) is 0 Å². The van der Waals surface area contributed by atoms with Gasteiger partial charge in [-0.1, -0.05) is 0 Å². The molecule has 0 aromatic carbocycles. The molecule has 206 valence electrons. The smallest absolute Gasteiger partial charge is 0.332 e. The molecule has 0 fully saturated rings. The van der Waals surface area contributed by atoms with Crippen LogP contribution in [0.3, 0.4) is 0 Å². The van der Waals surface area contributed by atoms with Crippen LogP contribution in [0.4, 0.5) is 0 Å². The summed E-state index contributed by atoms with van der Waals surface area (Å²) >= 11 is 0. The zero-order valence-corrected chi connectivity index (χ0v) is 22.0. The average molecular weight is 521 g/mol. The van der Waals surface area contributed by atoms with E-state index in [2.05, 4.69) is 0 Å². The van der Waals surface area contributed by atoms with Gasteiger partial charge in [0.1, 0.15) is 0 Å². The number of ether oxygens (including phenoxy) is 9. The number of rotatable bonds is 30. The molecule has 12 nitrogen and oxygen atoms in total. The molecule has 0 heterocycles. The highest BCUT2D eigenvalue weighted by atomic mass is 31.2. The molecule has 0 N–H and O–H groups in total. The highest BCUT2D eigenvalue weighted by Gasteiger charge is 2.12. The van der Waals surface area contributed by atoms with E-state index in [1.807, 2.05) is 0 Å². The third kappa shape index (κ3) is 28.2. The van der Waals surface area contributed by atoms with Crippen LogP contribution in [0.15, 0.2) is 0 Å². The highest BCUT2D eigenvalue weighted by Crippen LogP contribution is 2.39. The number of hydrogen-bond donors (Lipinski definition) is 0. The normalized spacial score (nSPS) is 11.6. The summed E-state index contributed by atoms with van der Waals surface area (Å²) in [7, 11) is 3.36. The Hall–Kier alpha value is -0.0500. The molecule has 13 heteroatoms. The monoisotopic (exact) mass is 520 g/mol. The van der Waals surface area contributed by atoms with Crippen LogP contribution in [-0.2, 0) is 56.2 Å². The van der Waals surface area contributed by atoms with Crippen molar-refractivity contribution in [3.63, 3.8) is 0 Å². The van der Waals surface area contributed by atoms with Crippen LogP contribution >= 0.6 is 8.60 Å². The van der Waals surface area contributed by atoms with Crippen molar-refractivity contribution in [2.24, 2.45) is 0 Å². The third-order valence-corrected chi connectivity index (χ3v) is 4.86. The lowest BCUT2D eigenvalue weighted by molar-refractivity contribution is 0.00451. The van der Waals surface area contributed by atoms with Crippen LogP contribution in [0, 0.1) is 0 Å². The van der Waals surface area contributed by atoms with Crippen molar-refractivity contribution in [3.8, 4) is 0 Å². The predicted octanol–water partition coefficient (Wildman–Crippen LogP) is 1.30. The van der Waals surface area contributed by atoms with E-state index in [0.29, 0.717) is 119 Å². The van der Waals surface area contributed by atoms with Crippen LogP contribution in [-0.4, -0.2) is 140 Å². The quantitative estimate of drug-likeness (QED) is 0.101. The zero-order chi connectivity index (χ0) is 24.8. The SMILES string of the molecule is COCCOCCOCCOP(OCCOCCOCCOC)OCCOCCOCCOC. The van der Waals surface area contributed by atoms with Crippen LogP contribution in [0.2, 0.25) is 0 Å². The van der Waals surface area contributed by atoms with Gasteiger partial charge in [-0.15, -0.1) is 0 Å². The zero-order valence-electron chi connectivity index (χ0n) is 21.1. The van der Waals surface area contributed by atoms with E-state index >= 15 is 0 Å². The fourth-order valence-corrected chi connectivity index (χ4v) is 2.91. The second-order valence-electron chi connectivity index (χ2n) is 6.38. The van der Waals surface area contributed by atoms with E-state index in [-0.39, 0.29) is 0 Å². The Balaban J connectivity index is 3.85. The lowest BCUT2D eigenvalue weighted by atomic mass is 10.7. The predicted molar refractivity (Wildman–Crippen MR) is 125 cm³/mol. The maximum absolute atomic E-state index is 5.68. The van der Waals surface area contributed by atoms with Crippen LogP contribution in [0.25, 0.3) is 0 Å². The van der Waals surface area contributed by atoms with Crippen LogP contribution in [0.5, 0.6) is 0 Å². The van der Waals surface area contributed by atoms with E-state index in [1.54, 1.807) is 21.3 Å². The van der Waals surface area contributed by atoms with Gasteiger partial charge in [-0.2, -0.15) is 0 Å². The van der Waals surface area contributed by atoms with Gasteiger partial charge in [0, 0.05) is 21.3 Å². The Morgan fingerprint density at radius 2 is 0.500 bits per heavy atom. The number of methoxy groups -OCH3 is 3. The van der Waals surface area contributed by atoms with Crippen molar-refractivity contribution in [2.75, 3.05) is 140 Å². The summed E-state index contributed by atoms with van der Waals surface area (Å²) in [4.78, 5) is 0. The Morgan fingerprint density at radius 3 is 0.735 bits per heavy atom.